The molecule has 5 amide bonds. The van der Waals surface area contributed by atoms with Gasteiger partial charge in [0, 0.05) is 30.5 Å². The summed E-state index contributed by atoms with van der Waals surface area (Å²) in [7, 11) is -9.29. The largest absolute Gasteiger partial charge is 0.444 e. The number of amides is 5. The zero-order valence-corrected chi connectivity index (χ0v) is 32.7. The number of halogens is 1. The maximum absolute atomic E-state index is 14.3. The Balaban J connectivity index is 1.46. The third-order valence-electron chi connectivity index (χ3n) is 9.50. The van der Waals surface area contributed by atoms with E-state index in [9.17, 15) is 40.8 Å². The highest BCUT2D eigenvalue weighted by Crippen LogP contribution is 2.47. The molecule has 5 rings (SSSR count). The summed E-state index contributed by atoms with van der Waals surface area (Å²) < 4.78 is 61.5. The minimum Gasteiger partial charge on any atom is -0.444 e. The average Bonchev–Trinajstić information content (AvgIpc) is 3.32. The van der Waals surface area contributed by atoms with Crippen LogP contribution in [0.5, 0.6) is 0 Å². The molecule has 1 saturated heterocycles. The number of nitrogens with one attached hydrogen (secondary N) is 2. The van der Waals surface area contributed by atoms with Crippen molar-refractivity contribution in [2.45, 2.75) is 108 Å². The van der Waals surface area contributed by atoms with Gasteiger partial charge in [-0.15, -0.1) is 3.71 Å². The Morgan fingerprint density at radius 3 is 2.36 bits per heavy atom. The smallest absolute Gasteiger partial charge is 0.410 e. The van der Waals surface area contributed by atoms with Crippen LogP contribution in [0.3, 0.4) is 0 Å². The molecule has 0 unspecified atom stereocenters. The summed E-state index contributed by atoms with van der Waals surface area (Å²) in [6, 6.07) is 2.78. The molecule has 1 saturated carbocycles. The summed E-state index contributed by atoms with van der Waals surface area (Å²) in [4.78, 5) is 71.4. The second-order valence-electron chi connectivity index (χ2n) is 15.1. The van der Waals surface area contributed by atoms with Gasteiger partial charge in [-0.05, 0) is 69.7 Å². The number of carbonyl (C=O) groups excluding carboxylic acids is 5. The molecule has 0 spiro atoms. The van der Waals surface area contributed by atoms with Crippen LogP contribution in [-0.2, 0) is 57.0 Å². The van der Waals surface area contributed by atoms with Gasteiger partial charge in [0.2, 0.25) is 31.9 Å². The molecule has 2 N–H and O–H groups in total. The zero-order valence-electron chi connectivity index (χ0n) is 30.3. The van der Waals surface area contributed by atoms with E-state index in [0.29, 0.717) is 43.2 Å². The second-order valence-corrected chi connectivity index (χ2v) is 19.4. The number of hydrogen-bond donors (Lipinski definition) is 2. The van der Waals surface area contributed by atoms with Gasteiger partial charge < -0.3 is 25.0 Å². The first kappa shape index (κ1) is 40.3. The van der Waals surface area contributed by atoms with Crippen molar-refractivity contribution in [3.05, 3.63) is 46.5 Å². The Hall–Kier alpha value is -3.90. The average molecular weight is 800 g/mol. The molecule has 5 atom stereocenters. The molecule has 1 aromatic carbocycles. The number of hydrogen-bond acceptors (Lipinski definition) is 11. The van der Waals surface area contributed by atoms with Crippen molar-refractivity contribution < 1.29 is 50.3 Å². The monoisotopic (exact) mass is 799 g/mol. The summed E-state index contributed by atoms with van der Waals surface area (Å²) in [6.45, 7) is 5.24. The van der Waals surface area contributed by atoms with Crippen LogP contribution >= 0.6 is 11.6 Å². The van der Waals surface area contributed by atoms with Gasteiger partial charge in [-0.25, -0.2) is 26.4 Å². The number of rotatable bonds is 5. The molecule has 0 bridgehead atoms. The molecule has 3 aliphatic heterocycles. The first-order chi connectivity index (χ1) is 24.6. The van der Waals surface area contributed by atoms with E-state index in [2.05, 4.69) is 10.6 Å². The molecule has 0 aromatic heterocycles. The van der Waals surface area contributed by atoms with Crippen LogP contribution in [0.2, 0.25) is 5.02 Å². The highest BCUT2D eigenvalue weighted by atomic mass is 35.5. The third kappa shape index (κ3) is 9.43. The molecule has 16 nitrogen and oxygen atoms in total. The molecule has 4 aliphatic rings. The molecule has 53 heavy (non-hydrogen) atoms. The number of nitrogens with zero attached hydrogens (tertiary/aromatic N) is 3. The van der Waals surface area contributed by atoms with Gasteiger partial charge in [0.25, 0.3) is 5.91 Å². The van der Waals surface area contributed by atoms with Crippen LogP contribution in [0.15, 0.2) is 30.4 Å². The van der Waals surface area contributed by atoms with E-state index in [4.69, 9.17) is 21.1 Å². The van der Waals surface area contributed by atoms with Gasteiger partial charge in [0.1, 0.15) is 29.3 Å². The number of sulfonamides is 2. The number of ether oxygens (including phenoxy) is 2. The van der Waals surface area contributed by atoms with Crippen LogP contribution in [0, 0.1) is 5.92 Å². The maximum Gasteiger partial charge on any atom is 0.410 e. The molecular formula is C34H46ClN5O11S2. The Labute approximate surface area is 314 Å². The van der Waals surface area contributed by atoms with E-state index < -0.39 is 85.2 Å². The molecule has 2 fully saturated rings. The second kappa shape index (κ2) is 15.1. The summed E-state index contributed by atoms with van der Waals surface area (Å²) in [5, 5.41) is 5.75. The summed E-state index contributed by atoms with van der Waals surface area (Å²) >= 11 is 6.13. The fourth-order valence-corrected chi connectivity index (χ4v) is 10.1. The third-order valence-corrected chi connectivity index (χ3v) is 12.9. The van der Waals surface area contributed by atoms with Gasteiger partial charge in [-0.2, -0.15) is 0 Å². The minimum absolute atomic E-state index is 0.100. The van der Waals surface area contributed by atoms with Gasteiger partial charge in [0.05, 0.1) is 19.1 Å². The minimum atomic E-state index is -4.64. The van der Waals surface area contributed by atoms with Crippen molar-refractivity contribution in [2.24, 2.45) is 5.92 Å². The normalized spacial score (nSPS) is 27.2. The number of allylic oxidation sites excluding steroid dienone is 1. The predicted octanol–water partition coefficient (Wildman–Crippen LogP) is 2.80. The van der Waals surface area contributed by atoms with Crippen LogP contribution in [-0.4, -0.2) is 109 Å². The molecule has 292 valence electrons. The lowest BCUT2D eigenvalue weighted by atomic mass is 10.0. The van der Waals surface area contributed by atoms with Gasteiger partial charge in [-0.3, -0.25) is 19.3 Å². The number of benzene rings is 1. The summed E-state index contributed by atoms with van der Waals surface area (Å²) in [6.07, 6.45) is 4.32. The van der Waals surface area contributed by atoms with Crippen molar-refractivity contribution in [3.8, 4) is 0 Å². The Morgan fingerprint density at radius 1 is 1.02 bits per heavy atom. The van der Waals surface area contributed by atoms with E-state index in [1.165, 1.54) is 9.80 Å². The molecule has 3 heterocycles. The van der Waals surface area contributed by atoms with E-state index >= 15 is 0 Å². The number of fused-ring (bicyclic) bond motifs is 3. The van der Waals surface area contributed by atoms with Gasteiger partial charge >= 0.3 is 12.2 Å². The van der Waals surface area contributed by atoms with Crippen LogP contribution in [0.4, 0.5) is 9.59 Å². The van der Waals surface area contributed by atoms with Crippen molar-refractivity contribution >= 4 is 61.6 Å². The quantitative estimate of drug-likeness (QED) is 0.415. The van der Waals surface area contributed by atoms with Crippen molar-refractivity contribution in [3.63, 3.8) is 0 Å². The Bertz CT molecular complexity index is 1880. The molecular weight excluding hydrogens is 754 g/mol. The summed E-state index contributed by atoms with van der Waals surface area (Å²) in [5.74, 6) is -3.66. The molecule has 1 aliphatic carbocycles. The first-order valence-electron chi connectivity index (χ1n) is 17.4. The van der Waals surface area contributed by atoms with E-state index in [-0.39, 0.29) is 42.6 Å². The van der Waals surface area contributed by atoms with Crippen molar-refractivity contribution in [2.75, 3.05) is 19.1 Å². The van der Waals surface area contributed by atoms with Crippen molar-refractivity contribution in [1.29, 1.82) is 0 Å². The SMILES string of the molecule is CC(C)(C)OC(=O)N[C@H]1CCCCC/C=C\[C@@H]2C[C@@]2(C(=O)N(S(C)(=O)=O)S(C)(=O)=O)NC(=O)[C@@H]2C[C@@H](OC(=O)N3Cc4ccc(Cl)cc4C3)CN2C1=O. The maximum atomic E-state index is 14.3. The van der Waals surface area contributed by atoms with E-state index in [0.717, 1.165) is 11.1 Å². The van der Waals surface area contributed by atoms with Crippen LogP contribution in [0.1, 0.15) is 76.8 Å². The van der Waals surface area contributed by atoms with Gasteiger partial charge in [-0.1, -0.05) is 42.7 Å². The van der Waals surface area contributed by atoms with E-state index in [1.807, 2.05) is 6.07 Å². The van der Waals surface area contributed by atoms with E-state index in [1.54, 1.807) is 45.1 Å². The van der Waals surface area contributed by atoms with Gasteiger partial charge in [0.15, 0.2) is 0 Å². The highest BCUT2D eigenvalue weighted by Gasteiger charge is 2.64. The Kier molecular flexibility index (Phi) is 11.5. The number of alkyl carbamates (subject to hydrolysis) is 1. The zero-order chi connectivity index (χ0) is 39.1. The highest BCUT2D eigenvalue weighted by molar-refractivity contribution is 8.04. The summed E-state index contributed by atoms with van der Waals surface area (Å²) in [5.41, 5.74) is -1.10. The van der Waals surface area contributed by atoms with Crippen LogP contribution < -0.4 is 10.6 Å². The lowest BCUT2D eigenvalue weighted by molar-refractivity contribution is -0.141. The van der Waals surface area contributed by atoms with Crippen LogP contribution in [0.25, 0.3) is 0 Å². The topological polar surface area (TPSA) is 206 Å². The predicted molar refractivity (Wildman–Crippen MR) is 192 cm³/mol. The van der Waals surface area contributed by atoms with Crippen molar-refractivity contribution in [1.82, 2.24) is 24.1 Å². The standard InChI is InChI=1S/C34H46ClN5O11S2/c1-33(2,3)51-31(44)36-26-12-10-8-6-7-9-11-23-17-34(23,30(43)40(52(4,46)47)53(5,48)49)37-28(41)27-16-25(20-39(27)29(26)42)50-32(45)38-18-21-13-14-24(35)15-22(21)19-38/h9,11,13-15,23,25-27H,6-8,10,12,16-20H2,1-5H3,(H,36,44)(H,37,41)/b11-9-/t23-,25-,26+,27+,34-/m1/s1. The molecule has 1 aromatic rings. The lowest BCUT2D eigenvalue weighted by Crippen LogP contribution is -2.59. The fourth-order valence-electron chi connectivity index (χ4n) is 7.02. The Morgan fingerprint density at radius 2 is 1.70 bits per heavy atom. The molecule has 0 radical (unpaired) electrons. The molecule has 19 heteroatoms. The lowest BCUT2D eigenvalue weighted by Gasteiger charge is -2.31. The first-order valence-corrected chi connectivity index (χ1v) is 21.4. The number of carbonyl (C=O) groups is 5. The fraction of sp³-hybridized carbons (Fsp3) is 0.618.